The number of carbonyl (C=O) groups excluding carboxylic acids is 1. The second-order valence-electron chi connectivity index (χ2n) is 5.89. The van der Waals surface area contributed by atoms with Gasteiger partial charge in [0.15, 0.2) is 5.82 Å². The number of aryl methyl sites for hydroxylation is 1. The second-order valence-corrected chi connectivity index (χ2v) is 5.89. The maximum atomic E-state index is 12.4. The van der Waals surface area contributed by atoms with E-state index >= 15 is 0 Å². The summed E-state index contributed by atoms with van der Waals surface area (Å²) in [4.78, 5) is 22.7. The molecule has 1 fully saturated rings. The highest BCUT2D eigenvalue weighted by atomic mass is 16.5. The highest BCUT2D eigenvalue weighted by molar-refractivity contribution is 5.97. The van der Waals surface area contributed by atoms with Gasteiger partial charge in [0.2, 0.25) is 5.91 Å². The minimum atomic E-state index is -0.0588. The van der Waals surface area contributed by atoms with Gasteiger partial charge in [-0.1, -0.05) is 23.4 Å². The molecule has 0 aliphatic carbocycles. The quantitative estimate of drug-likeness (QED) is 0.742. The first kappa shape index (κ1) is 14.6. The van der Waals surface area contributed by atoms with Crippen molar-refractivity contribution in [2.45, 2.75) is 19.3 Å². The van der Waals surface area contributed by atoms with E-state index in [2.05, 4.69) is 15.1 Å². The first-order valence-corrected chi connectivity index (χ1v) is 7.82. The lowest BCUT2D eigenvalue weighted by Gasteiger charge is -2.18. The Morgan fingerprint density at radius 3 is 2.75 bits per heavy atom. The number of aromatic nitrogens is 3. The molecule has 1 aromatic carbocycles. The first-order valence-electron chi connectivity index (χ1n) is 7.82. The van der Waals surface area contributed by atoms with Crippen molar-refractivity contribution in [1.29, 1.82) is 0 Å². The number of anilines is 1. The molecule has 0 N–H and O–H groups in total. The second kappa shape index (κ2) is 5.88. The van der Waals surface area contributed by atoms with Crippen LogP contribution < -0.4 is 4.90 Å². The zero-order valence-electron chi connectivity index (χ0n) is 13.2. The molecule has 1 atom stereocenters. The summed E-state index contributed by atoms with van der Waals surface area (Å²) in [6.45, 7) is 2.57. The summed E-state index contributed by atoms with van der Waals surface area (Å²) in [5.74, 6) is 1.06. The van der Waals surface area contributed by atoms with Gasteiger partial charge in [0.25, 0.3) is 5.89 Å². The van der Waals surface area contributed by atoms with E-state index in [0.717, 1.165) is 16.8 Å². The van der Waals surface area contributed by atoms with Gasteiger partial charge in [0.05, 0.1) is 0 Å². The fourth-order valence-corrected chi connectivity index (χ4v) is 2.99. The monoisotopic (exact) mass is 320 g/mol. The van der Waals surface area contributed by atoms with Gasteiger partial charge in [-0.15, -0.1) is 0 Å². The number of rotatable bonds is 3. The molecule has 0 bridgehead atoms. The number of carbonyl (C=O) groups is 1. The molecule has 0 spiro atoms. The number of hydrogen-bond acceptors (Lipinski definition) is 5. The van der Waals surface area contributed by atoms with Crippen molar-refractivity contribution in [3.63, 3.8) is 0 Å². The SMILES string of the molecule is Cc1ccccc1N1CC(c2noc(-c3ccncc3)n2)CC1=O. The zero-order valence-corrected chi connectivity index (χ0v) is 13.2. The lowest BCUT2D eigenvalue weighted by atomic mass is 10.1. The van der Waals surface area contributed by atoms with E-state index in [-0.39, 0.29) is 11.8 Å². The predicted octanol–water partition coefficient (Wildman–Crippen LogP) is 2.96. The van der Waals surface area contributed by atoms with Crippen LogP contribution in [0.1, 0.15) is 23.7 Å². The van der Waals surface area contributed by atoms with Gasteiger partial charge in [-0.2, -0.15) is 4.98 Å². The summed E-state index contributed by atoms with van der Waals surface area (Å²) in [7, 11) is 0. The molecule has 1 aliphatic heterocycles. The summed E-state index contributed by atoms with van der Waals surface area (Å²) in [5.41, 5.74) is 2.85. The number of para-hydroxylation sites is 1. The molecule has 1 saturated heterocycles. The normalized spacial score (nSPS) is 17.5. The summed E-state index contributed by atoms with van der Waals surface area (Å²) < 4.78 is 5.34. The highest BCUT2D eigenvalue weighted by Crippen LogP contribution is 2.32. The number of hydrogen-bond donors (Lipinski definition) is 0. The predicted molar refractivity (Wildman–Crippen MR) is 88.4 cm³/mol. The molecule has 2 aromatic heterocycles. The van der Waals surface area contributed by atoms with E-state index < -0.39 is 0 Å². The number of amides is 1. The average Bonchev–Trinajstić information content (AvgIpc) is 3.23. The number of pyridine rings is 1. The Balaban J connectivity index is 1.58. The number of benzene rings is 1. The van der Waals surface area contributed by atoms with Crippen molar-refractivity contribution in [3.8, 4) is 11.5 Å². The van der Waals surface area contributed by atoms with Gasteiger partial charge in [0, 0.05) is 42.5 Å². The van der Waals surface area contributed by atoms with Crippen LogP contribution in [0, 0.1) is 6.92 Å². The van der Waals surface area contributed by atoms with Crippen LogP contribution in [0.25, 0.3) is 11.5 Å². The third-order valence-electron chi connectivity index (χ3n) is 4.27. The topological polar surface area (TPSA) is 72.1 Å². The van der Waals surface area contributed by atoms with Gasteiger partial charge in [-0.3, -0.25) is 9.78 Å². The number of nitrogens with zero attached hydrogens (tertiary/aromatic N) is 4. The van der Waals surface area contributed by atoms with E-state index in [1.165, 1.54) is 0 Å². The molecule has 24 heavy (non-hydrogen) atoms. The highest BCUT2D eigenvalue weighted by Gasteiger charge is 2.35. The van der Waals surface area contributed by atoms with Crippen molar-refractivity contribution in [3.05, 3.63) is 60.2 Å². The molecule has 120 valence electrons. The Morgan fingerprint density at radius 1 is 1.17 bits per heavy atom. The van der Waals surface area contributed by atoms with E-state index in [9.17, 15) is 4.79 Å². The fourth-order valence-electron chi connectivity index (χ4n) is 2.99. The maximum Gasteiger partial charge on any atom is 0.258 e. The van der Waals surface area contributed by atoms with Gasteiger partial charge in [-0.25, -0.2) is 0 Å². The summed E-state index contributed by atoms with van der Waals surface area (Å²) >= 11 is 0. The molecular weight excluding hydrogens is 304 g/mol. The Morgan fingerprint density at radius 2 is 1.96 bits per heavy atom. The molecule has 1 amide bonds. The van der Waals surface area contributed by atoms with Crippen LogP contribution in [-0.2, 0) is 4.79 Å². The van der Waals surface area contributed by atoms with Crippen LogP contribution in [-0.4, -0.2) is 27.6 Å². The average molecular weight is 320 g/mol. The largest absolute Gasteiger partial charge is 0.334 e. The molecule has 0 radical (unpaired) electrons. The minimum absolute atomic E-state index is 0.0588. The summed E-state index contributed by atoms with van der Waals surface area (Å²) in [6.07, 6.45) is 3.75. The van der Waals surface area contributed by atoms with Crippen molar-refractivity contribution < 1.29 is 9.32 Å². The summed E-state index contributed by atoms with van der Waals surface area (Å²) in [6, 6.07) is 11.5. The van der Waals surface area contributed by atoms with E-state index in [4.69, 9.17) is 4.52 Å². The standard InChI is InChI=1S/C18H16N4O2/c1-12-4-2-3-5-15(12)22-11-14(10-16(22)23)17-20-18(24-21-17)13-6-8-19-9-7-13/h2-9,14H,10-11H2,1H3. The lowest BCUT2D eigenvalue weighted by Crippen LogP contribution is -2.25. The van der Waals surface area contributed by atoms with Crippen LogP contribution in [0.2, 0.25) is 0 Å². The van der Waals surface area contributed by atoms with Crippen molar-refractivity contribution in [2.75, 3.05) is 11.4 Å². The minimum Gasteiger partial charge on any atom is -0.334 e. The van der Waals surface area contributed by atoms with Gasteiger partial charge < -0.3 is 9.42 Å². The molecule has 3 aromatic rings. The smallest absolute Gasteiger partial charge is 0.258 e. The van der Waals surface area contributed by atoms with E-state index in [1.807, 2.05) is 48.2 Å². The Hall–Kier alpha value is -3.02. The fraction of sp³-hybridized carbons (Fsp3) is 0.222. The Bertz CT molecular complexity index is 875. The van der Waals surface area contributed by atoms with Crippen LogP contribution in [0.3, 0.4) is 0 Å². The molecule has 6 heteroatoms. The molecule has 1 unspecified atom stereocenters. The lowest BCUT2D eigenvalue weighted by molar-refractivity contribution is -0.117. The third kappa shape index (κ3) is 2.56. The van der Waals surface area contributed by atoms with Crippen LogP contribution in [0.5, 0.6) is 0 Å². The van der Waals surface area contributed by atoms with Crippen LogP contribution in [0.4, 0.5) is 5.69 Å². The van der Waals surface area contributed by atoms with Gasteiger partial charge in [-0.05, 0) is 30.7 Å². The van der Waals surface area contributed by atoms with Gasteiger partial charge >= 0.3 is 0 Å². The van der Waals surface area contributed by atoms with Crippen LogP contribution >= 0.6 is 0 Å². The Kier molecular flexibility index (Phi) is 3.57. The molecule has 6 nitrogen and oxygen atoms in total. The van der Waals surface area contributed by atoms with Crippen molar-refractivity contribution >= 4 is 11.6 Å². The first-order chi connectivity index (χ1) is 11.7. The van der Waals surface area contributed by atoms with E-state index in [0.29, 0.717) is 24.7 Å². The van der Waals surface area contributed by atoms with Crippen molar-refractivity contribution in [2.24, 2.45) is 0 Å². The molecule has 3 heterocycles. The molecule has 4 rings (SSSR count). The van der Waals surface area contributed by atoms with E-state index in [1.54, 1.807) is 12.4 Å². The van der Waals surface area contributed by atoms with Crippen LogP contribution in [0.15, 0.2) is 53.3 Å². The van der Waals surface area contributed by atoms with Gasteiger partial charge in [0.1, 0.15) is 0 Å². The Labute approximate surface area is 139 Å². The molecule has 0 saturated carbocycles. The van der Waals surface area contributed by atoms with Crippen molar-refractivity contribution in [1.82, 2.24) is 15.1 Å². The third-order valence-corrected chi connectivity index (χ3v) is 4.27. The zero-order chi connectivity index (χ0) is 16.5. The molecule has 1 aliphatic rings. The maximum absolute atomic E-state index is 12.4. The molecular formula is C18H16N4O2. The summed E-state index contributed by atoms with van der Waals surface area (Å²) in [5, 5.41) is 4.07.